The Kier molecular flexibility index (Phi) is 10.1. The van der Waals surface area contributed by atoms with Gasteiger partial charge < -0.3 is 21.3 Å². The van der Waals surface area contributed by atoms with Crippen molar-refractivity contribution in [3.8, 4) is 0 Å². The Bertz CT molecular complexity index is 1000. The van der Waals surface area contributed by atoms with Gasteiger partial charge in [-0.25, -0.2) is 0 Å². The lowest BCUT2D eigenvalue weighted by atomic mass is 10.1. The molecule has 3 amide bonds. The van der Waals surface area contributed by atoms with Gasteiger partial charge in [-0.1, -0.05) is 34.1 Å². The van der Waals surface area contributed by atoms with Crippen LogP contribution in [-0.2, 0) is 22.3 Å². The molecule has 2 aromatic rings. The summed E-state index contributed by atoms with van der Waals surface area (Å²) in [7, 11) is 0. The zero-order valence-electron chi connectivity index (χ0n) is 18.6. The van der Waals surface area contributed by atoms with E-state index in [1.54, 1.807) is 13.8 Å². The molecule has 2 aromatic carbocycles. The van der Waals surface area contributed by atoms with Gasteiger partial charge in [0.05, 0.1) is 12.1 Å². The summed E-state index contributed by atoms with van der Waals surface area (Å²) < 4.78 is 39.5. The first kappa shape index (κ1) is 27.3. The van der Waals surface area contributed by atoms with Crippen LogP contribution in [0.25, 0.3) is 0 Å². The molecule has 0 radical (unpaired) electrons. The first-order valence-electron chi connectivity index (χ1n) is 10.5. The maximum Gasteiger partial charge on any atom is 0.416 e. The topological polar surface area (TPSA) is 99.3 Å². The predicted molar refractivity (Wildman–Crippen MR) is 125 cm³/mol. The van der Waals surface area contributed by atoms with Crippen molar-refractivity contribution in [3.05, 3.63) is 69.7 Å². The summed E-state index contributed by atoms with van der Waals surface area (Å²) >= 11 is 3.36. The van der Waals surface area contributed by atoms with Gasteiger partial charge in [0.1, 0.15) is 6.04 Å². The maximum absolute atomic E-state index is 12.9. The van der Waals surface area contributed by atoms with Crippen molar-refractivity contribution in [2.75, 3.05) is 13.1 Å². The molecule has 0 aromatic heterocycles. The molecule has 2 unspecified atom stereocenters. The zero-order chi connectivity index (χ0) is 25.3. The monoisotopic (exact) mass is 542 g/mol. The first-order chi connectivity index (χ1) is 16.0. The lowest BCUT2D eigenvalue weighted by Crippen LogP contribution is -2.57. The van der Waals surface area contributed by atoms with Crippen LogP contribution in [0.15, 0.2) is 53.0 Å². The number of amides is 3. The number of carbonyl (C=O) groups excluding carboxylic acids is 3. The molecule has 0 aliphatic carbocycles. The van der Waals surface area contributed by atoms with Crippen molar-refractivity contribution in [2.45, 2.75) is 38.7 Å². The summed E-state index contributed by atoms with van der Waals surface area (Å²) in [6.45, 7) is 3.78. The Balaban J connectivity index is 1.97. The van der Waals surface area contributed by atoms with Crippen LogP contribution in [-0.4, -0.2) is 42.9 Å². The van der Waals surface area contributed by atoms with Crippen LogP contribution in [0.2, 0.25) is 0 Å². The number of rotatable bonds is 10. The second kappa shape index (κ2) is 12.5. The van der Waals surface area contributed by atoms with Crippen LogP contribution in [0.5, 0.6) is 0 Å². The number of benzene rings is 2. The molecule has 11 heteroatoms. The second-order valence-electron chi connectivity index (χ2n) is 7.50. The lowest BCUT2D eigenvalue weighted by molar-refractivity contribution is -0.137. The van der Waals surface area contributed by atoms with Crippen LogP contribution in [0.3, 0.4) is 0 Å². The van der Waals surface area contributed by atoms with Gasteiger partial charge in [-0.05, 0) is 49.7 Å². The van der Waals surface area contributed by atoms with Crippen molar-refractivity contribution >= 4 is 33.7 Å². The van der Waals surface area contributed by atoms with Crippen molar-refractivity contribution < 1.29 is 27.6 Å². The largest absolute Gasteiger partial charge is 0.416 e. The standard InChI is InChI=1S/C23H26BrF3N4O3/c1-3-28-22(34)20(14(2)29-12-15-7-9-18(24)10-8-15)31-19(32)13-30-21(33)16-5-4-6-17(11-16)23(25,26)27/h4-11,14,20,29H,3,12-13H2,1-2H3,(H,28,34)(H,30,33)(H,31,32). The molecule has 34 heavy (non-hydrogen) atoms. The van der Waals surface area contributed by atoms with E-state index in [2.05, 4.69) is 37.2 Å². The molecule has 0 fully saturated rings. The summed E-state index contributed by atoms with van der Waals surface area (Å²) in [5, 5.41) is 10.7. The molecule has 7 nitrogen and oxygen atoms in total. The lowest BCUT2D eigenvalue weighted by Gasteiger charge is -2.25. The SMILES string of the molecule is CCNC(=O)C(NC(=O)CNC(=O)c1cccc(C(F)(F)F)c1)C(C)NCc1ccc(Br)cc1. The third-order valence-corrected chi connectivity index (χ3v) is 5.38. The Morgan fingerprint density at radius 1 is 1.03 bits per heavy atom. The molecule has 0 spiro atoms. The summed E-state index contributed by atoms with van der Waals surface area (Å²) in [5.41, 5.74) is -0.219. The fourth-order valence-corrected chi connectivity index (χ4v) is 3.29. The van der Waals surface area contributed by atoms with Gasteiger partial charge in [0.25, 0.3) is 5.91 Å². The van der Waals surface area contributed by atoms with E-state index in [1.165, 1.54) is 6.07 Å². The van der Waals surface area contributed by atoms with Gasteiger partial charge in [0.2, 0.25) is 11.8 Å². The van der Waals surface area contributed by atoms with Gasteiger partial charge in [-0.15, -0.1) is 0 Å². The molecule has 0 bridgehead atoms. The van der Waals surface area contributed by atoms with Gasteiger partial charge in [-0.3, -0.25) is 14.4 Å². The highest BCUT2D eigenvalue weighted by molar-refractivity contribution is 9.10. The highest BCUT2D eigenvalue weighted by Gasteiger charge is 2.31. The van der Waals surface area contributed by atoms with Crippen LogP contribution in [0.1, 0.15) is 35.3 Å². The fraction of sp³-hybridized carbons (Fsp3) is 0.348. The second-order valence-corrected chi connectivity index (χ2v) is 8.41. The Morgan fingerprint density at radius 3 is 2.32 bits per heavy atom. The van der Waals surface area contributed by atoms with Crippen molar-refractivity contribution in [1.82, 2.24) is 21.3 Å². The van der Waals surface area contributed by atoms with Gasteiger partial charge in [0.15, 0.2) is 0 Å². The molecular weight excluding hydrogens is 517 g/mol. The van der Waals surface area contributed by atoms with Gasteiger partial charge in [-0.2, -0.15) is 13.2 Å². The van der Waals surface area contributed by atoms with E-state index in [1.807, 2.05) is 24.3 Å². The molecule has 0 aliphatic heterocycles. The molecule has 4 N–H and O–H groups in total. The average molecular weight is 543 g/mol. The van der Waals surface area contributed by atoms with Crippen LogP contribution in [0, 0.1) is 0 Å². The minimum atomic E-state index is -4.59. The normalized spacial score (nSPS) is 13.0. The number of hydrogen-bond acceptors (Lipinski definition) is 4. The zero-order valence-corrected chi connectivity index (χ0v) is 20.2. The third-order valence-electron chi connectivity index (χ3n) is 4.85. The number of likely N-dealkylation sites (N-methyl/N-ethyl adjacent to an activating group) is 1. The van der Waals surface area contributed by atoms with E-state index in [9.17, 15) is 27.6 Å². The quantitative estimate of drug-likeness (QED) is 0.371. The number of alkyl halides is 3. The van der Waals surface area contributed by atoms with E-state index < -0.39 is 48.1 Å². The molecule has 0 saturated carbocycles. The van der Waals surface area contributed by atoms with Crippen LogP contribution >= 0.6 is 15.9 Å². The van der Waals surface area contributed by atoms with E-state index in [0.717, 1.165) is 22.2 Å². The number of nitrogens with one attached hydrogen (secondary N) is 4. The van der Waals surface area contributed by atoms with E-state index >= 15 is 0 Å². The van der Waals surface area contributed by atoms with Crippen molar-refractivity contribution in [2.24, 2.45) is 0 Å². The van der Waals surface area contributed by atoms with Gasteiger partial charge in [0, 0.05) is 29.2 Å². The fourth-order valence-electron chi connectivity index (χ4n) is 3.02. The molecule has 2 rings (SSSR count). The number of halogens is 4. The molecular formula is C23H26BrF3N4O3. The average Bonchev–Trinajstić information content (AvgIpc) is 2.80. The summed E-state index contributed by atoms with van der Waals surface area (Å²) in [5.74, 6) is -1.90. The minimum absolute atomic E-state index is 0.229. The van der Waals surface area contributed by atoms with Crippen LogP contribution in [0.4, 0.5) is 13.2 Å². The Morgan fingerprint density at radius 2 is 1.71 bits per heavy atom. The summed E-state index contributed by atoms with van der Waals surface area (Å²) in [6.07, 6.45) is -4.59. The van der Waals surface area contributed by atoms with E-state index in [0.29, 0.717) is 19.2 Å². The van der Waals surface area contributed by atoms with Crippen LogP contribution < -0.4 is 21.3 Å². The maximum atomic E-state index is 12.9. The van der Waals surface area contributed by atoms with Gasteiger partial charge >= 0.3 is 6.18 Å². The van der Waals surface area contributed by atoms with Crippen molar-refractivity contribution in [1.29, 1.82) is 0 Å². The van der Waals surface area contributed by atoms with E-state index in [-0.39, 0.29) is 5.56 Å². The molecule has 0 saturated heterocycles. The molecule has 184 valence electrons. The first-order valence-corrected chi connectivity index (χ1v) is 11.3. The summed E-state index contributed by atoms with van der Waals surface area (Å²) in [4.78, 5) is 37.1. The minimum Gasteiger partial charge on any atom is -0.355 e. The Hall–Kier alpha value is -2.92. The molecule has 0 aliphatic rings. The van der Waals surface area contributed by atoms with Crippen molar-refractivity contribution in [3.63, 3.8) is 0 Å². The van der Waals surface area contributed by atoms with E-state index in [4.69, 9.17) is 0 Å². The predicted octanol–water partition coefficient (Wildman–Crippen LogP) is 3.00. The third kappa shape index (κ3) is 8.45. The summed E-state index contributed by atoms with van der Waals surface area (Å²) in [6, 6.07) is 10.1. The molecule has 0 heterocycles. The Labute approximate surface area is 204 Å². The number of carbonyl (C=O) groups is 3. The smallest absolute Gasteiger partial charge is 0.355 e. The highest BCUT2D eigenvalue weighted by Crippen LogP contribution is 2.29. The number of hydrogen-bond donors (Lipinski definition) is 4. The highest BCUT2D eigenvalue weighted by atomic mass is 79.9. The molecule has 2 atom stereocenters.